The van der Waals surface area contributed by atoms with E-state index in [1.165, 1.54) is 4.90 Å². The number of aryl methyl sites for hydroxylation is 1. The van der Waals surface area contributed by atoms with Crippen molar-refractivity contribution in [3.05, 3.63) is 17.8 Å². The number of hydrogen-bond donors (Lipinski definition) is 2. The molecule has 0 aromatic carbocycles. The average Bonchev–Trinajstić information content (AvgIpc) is 2.26. The quantitative estimate of drug-likeness (QED) is 0.728. The third-order valence-corrected chi connectivity index (χ3v) is 1.91. The van der Waals surface area contributed by atoms with Gasteiger partial charge in [0.2, 0.25) is 0 Å². The van der Waals surface area contributed by atoms with E-state index < -0.39 is 0 Å². The normalized spacial score (nSPS) is 9.69. The number of carbonyl (C=O) groups excluding carboxylic acids is 1. The van der Waals surface area contributed by atoms with Crippen molar-refractivity contribution in [2.24, 2.45) is 0 Å². The highest BCUT2D eigenvalue weighted by atomic mass is 16.2. The Hall–Kier alpha value is -1.85. The van der Waals surface area contributed by atoms with Gasteiger partial charge < -0.3 is 15.5 Å². The third-order valence-electron chi connectivity index (χ3n) is 1.91. The topological polar surface area (TPSA) is 70.2 Å². The van der Waals surface area contributed by atoms with Crippen LogP contribution in [0.25, 0.3) is 0 Å². The van der Waals surface area contributed by atoms with E-state index in [0.717, 1.165) is 5.69 Å². The minimum Gasteiger partial charge on any atom is -0.367 e. The fraction of sp³-hybridized carbons (Fsp3) is 0.500. The summed E-state index contributed by atoms with van der Waals surface area (Å²) in [5, 5.41) is 13.7. The van der Waals surface area contributed by atoms with Gasteiger partial charge in [-0.05, 0) is 19.1 Å². The Labute approximate surface area is 95.0 Å². The average molecular weight is 223 g/mol. The highest BCUT2D eigenvalue weighted by Crippen LogP contribution is 1.99. The molecule has 0 spiro atoms. The van der Waals surface area contributed by atoms with Crippen LogP contribution in [0.5, 0.6) is 0 Å². The predicted octanol–water partition coefficient (Wildman–Crippen LogP) is 0.468. The number of carbonyl (C=O) groups is 1. The first-order valence-corrected chi connectivity index (χ1v) is 5.09. The summed E-state index contributed by atoms with van der Waals surface area (Å²) in [5.41, 5.74) is 0.881. The second kappa shape index (κ2) is 5.89. The number of nitrogens with zero attached hydrogens (tertiary/aromatic N) is 3. The monoisotopic (exact) mass is 223 g/mol. The number of amides is 2. The molecular weight excluding hydrogens is 206 g/mol. The molecule has 0 unspecified atom stereocenters. The molecule has 0 aliphatic heterocycles. The highest BCUT2D eigenvalue weighted by Gasteiger charge is 2.00. The summed E-state index contributed by atoms with van der Waals surface area (Å²) in [6.45, 7) is 3.05. The molecule has 1 aromatic heterocycles. The summed E-state index contributed by atoms with van der Waals surface area (Å²) in [6, 6.07) is 3.64. The molecule has 0 aliphatic rings. The van der Waals surface area contributed by atoms with Crippen LogP contribution in [0, 0.1) is 6.92 Å². The van der Waals surface area contributed by atoms with Crippen LogP contribution in [0.15, 0.2) is 12.1 Å². The molecule has 1 rings (SSSR count). The summed E-state index contributed by atoms with van der Waals surface area (Å²) >= 11 is 0. The molecule has 1 heterocycles. The molecule has 0 bridgehead atoms. The molecule has 6 heteroatoms. The van der Waals surface area contributed by atoms with Crippen molar-refractivity contribution in [1.82, 2.24) is 20.4 Å². The van der Waals surface area contributed by atoms with Crippen molar-refractivity contribution in [3.8, 4) is 0 Å². The van der Waals surface area contributed by atoms with Crippen molar-refractivity contribution in [1.29, 1.82) is 0 Å². The van der Waals surface area contributed by atoms with Gasteiger partial charge in [0.25, 0.3) is 0 Å². The zero-order chi connectivity index (χ0) is 12.0. The first-order chi connectivity index (χ1) is 7.59. The van der Waals surface area contributed by atoms with E-state index in [1.807, 2.05) is 19.1 Å². The molecule has 88 valence electrons. The van der Waals surface area contributed by atoms with Gasteiger partial charge in [-0.3, -0.25) is 0 Å². The van der Waals surface area contributed by atoms with E-state index in [2.05, 4.69) is 20.8 Å². The van der Waals surface area contributed by atoms with Crippen LogP contribution in [0.1, 0.15) is 5.69 Å². The standard InChI is InChI=1S/C10H17N5O/c1-8-4-5-9(14-13-8)11-6-7-12-10(16)15(2)3/h4-5H,6-7H2,1-3H3,(H,11,14)(H,12,16). The zero-order valence-electron chi connectivity index (χ0n) is 9.82. The van der Waals surface area contributed by atoms with Crippen LogP contribution in [0.2, 0.25) is 0 Å². The number of urea groups is 1. The highest BCUT2D eigenvalue weighted by molar-refractivity contribution is 5.73. The van der Waals surface area contributed by atoms with Gasteiger partial charge in [0.05, 0.1) is 5.69 Å². The molecule has 0 saturated heterocycles. The Morgan fingerprint density at radius 3 is 2.62 bits per heavy atom. The van der Waals surface area contributed by atoms with Gasteiger partial charge in [0, 0.05) is 27.2 Å². The van der Waals surface area contributed by atoms with Crippen LogP contribution in [-0.4, -0.2) is 48.3 Å². The van der Waals surface area contributed by atoms with Crippen molar-refractivity contribution >= 4 is 11.8 Å². The van der Waals surface area contributed by atoms with Crippen LogP contribution in [0.3, 0.4) is 0 Å². The molecule has 0 saturated carbocycles. The van der Waals surface area contributed by atoms with E-state index >= 15 is 0 Å². The van der Waals surface area contributed by atoms with Crippen LogP contribution in [0.4, 0.5) is 10.6 Å². The number of rotatable bonds is 4. The van der Waals surface area contributed by atoms with E-state index in [4.69, 9.17) is 0 Å². The van der Waals surface area contributed by atoms with Crippen LogP contribution >= 0.6 is 0 Å². The van der Waals surface area contributed by atoms with Crippen LogP contribution < -0.4 is 10.6 Å². The van der Waals surface area contributed by atoms with Gasteiger partial charge in [-0.2, -0.15) is 5.10 Å². The Morgan fingerprint density at radius 2 is 2.06 bits per heavy atom. The maximum atomic E-state index is 11.2. The van der Waals surface area contributed by atoms with Gasteiger partial charge in [0.1, 0.15) is 5.82 Å². The Bertz CT molecular complexity index is 336. The van der Waals surface area contributed by atoms with E-state index in [-0.39, 0.29) is 6.03 Å². The van der Waals surface area contributed by atoms with E-state index in [9.17, 15) is 4.79 Å². The van der Waals surface area contributed by atoms with Crippen LogP contribution in [-0.2, 0) is 0 Å². The maximum Gasteiger partial charge on any atom is 0.316 e. The molecule has 0 fully saturated rings. The molecule has 2 N–H and O–H groups in total. The smallest absolute Gasteiger partial charge is 0.316 e. The predicted molar refractivity (Wildman–Crippen MR) is 62.3 cm³/mol. The number of aromatic nitrogens is 2. The molecule has 16 heavy (non-hydrogen) atoms. The molecular formula is C10H17N5O. The number of anilines is 1. The first-order valence-electron chi connectivity index (χ1n) is 5.09. The van der Waals surface area contributed by atoms with E-state index in [0.29, 0.717) is 18.9 Å². The lowest BCUT2D eigenvalue weighted by Gasteiger charge is -2.12. The second-order valence-electron chi connectivity index (χ2n) is 3.61. The van der Waals surface area contributed by atoms with Gasteiger partial charge in [0.15, 0.2) is 0 Å². The van der Waals surface area contributed by atoms with Crippen molar-refractivity contribution in [2.75, 3.05) is 32.5 Å². The minimum absolute atomic E-state index is 0.100. The molecule has 1 aromatic rings. The molecule has 0 aliphatic carbocycles. The SMILES string of the molecule is Cc1ccc(NCCNC(=O)N(C)C)nn1. The Kier molecular flexibility index (Phi) is 4.50. The minimum atomic E-state index is -0.100. The molecule has 0 radical (unpaired) electrons. The number of nitrogens with one attached hydrogen (secondary N) is 2. The molecule has 0 atom stereocenters. The lowest BCUT2D eigenvalue weighted by molar-refractivity contribution is 0.218. The lowest BCUT2D eigenvalue weighted by atomic mass is 10.4. The molecule has 2 amide bonds. The Balaban J connectivity index is 2.21. The summed E-state index contributed by atoms with van der Waals surface area (Å²) in [4.78, 5) is 12.6. The summed E-state index contributed by atoms with van der Waals surface area (Å²) in [6.07, 6.45) is 0. The van der Waals surface area contributed by atoms with Gasteiger partial charge in [-0.15, -0.1) is 5.10 Å². The third kappa shape index (κ3) is 4.12. The lowest BCUT2D eigenvalue weighted by Crippen LogP contribution is -2.37. The molecule has 6 nitrogen and oxygen atoms in total. The van der Waals surface area contributed by atoms with Crippen molar-refractivity contribution < 1.29 is 4.79 Å². The summed E-state index contributed by atoms with van der Waals surface area (Å²) in [7, 11) is 3.41. The summed E-state index contributed by atoms with van der Waals surface area (Å²) in [5.74, 6) is 0.713. The fourth-order valence-corrected chi connectivity index (χ4v) is 1.01. The van der Waals surface area contributed by atoms with Gasteiger partial charge in [-0.1, -0.05) is 0 Å². The first kappa shape index (κ1) is 12.2. The zero-order valence-corrected chi connectivity index (χ0v) is 9.82. The maximum absolute atomic E-state index is 11.2. The Morgan fingerprint density at radius 1 is 1.31 bits per heavy atom. The van der Waals surface area contributed by atoms with Gasteiger partial charge in [-0.25, -0.2) is 4.79 Å². The van der Waals surface area contributed by atoms with Gasteiger partial charge >= 0.3 is 6.03 Å². The largest absolute Gasteiger partial charge is 0.367 e. The number of hydrogen-bond acceptors (Lipinski definition) is 4. The second-order valence-corrected chi connectivity index (χ2v) is 3.61. The fourth-order valence-electron chi connectivity index (χ4n) is 1.01. The summed E-state index contributed by atoms with van der Waals surface area (Å²) < 4.78 is 0. The van der Waals surface area contributed by atoms with E-state index in [1.54, 1.807) is 14.1 Å². The van der Waals surface area contributed by atoms with Crippen molar-refractivity contribution in [3.63, 3.8) is 0 Å². The van der Waals surface area contributed by atoms with Crippen molar-refractivity contribution in [2.45, 2.75) is 6.92 Å².